The standard InChI is InChI=1S/C24H27Cl2N3O3/c1-6-29-20-11-22(31-5)16(9-18(20)15(2)12-24(29,3)4)13-27-28-23(30)14-32-21-8-7-17(25)10-19(21)26/h7-13H,6,14H2,1-5H3,(H,28,30)/b27-13+. The van der Waals surface area contributed by atoms with E-state index in [9.17, 15) is 4.79 Å². The van der Waals surface area contributed by atoms with Gasteiger partial charge in [0, 0.05) is 34.4 Å². The number of nitrogens with one attached hydrogen (secondary N) is 1. The van der Waals surface area contributed by atoms with Crippen LogP contribution in [0.5, 0.6) is 11.5 Å². The summed E-state index contributed by atoms with van der Waals surface area (Å²) in [7, 11) is 1.62. The molecule has 0 saturated heterocycles. The lowest BCUT2D eigenvalue weighted by atomic mass is 9.88. The Labute approximate surface area is 198 Å². The minimum atomic E-state index is -0.417. The quantitative estimate of drug-likeness (QED) is 0.420. The molecule has 1 aliphatic rings. The van der Waals surface area contributed by atoms with Gasteiger partial charge in [-0.25, -0.2) is 5.43 Å². The number of methoxy groups -OCH3 is 1. The van der Waals surface area contributed by atoms with E-state index < -0.39 is 5.91 Å². The van der Waals surface area contributed by atoms with E-state index in [1.54, 1.807) is 31.5 Å². The number of benzene rings is 2. The maximum absolute atomic E-state index is 12.1. The Morgan fingerprint density at radius 2 is 1.97 bits per heavy atom. The van der Waals surface area contributed by atoms with Crippen molar-refractivity contribution in [1.29, 1.82) is 0 Å². The van der Waals surface area contributed by atoms with Gasteiger partial charge in [0.25, 0.3) is 5.91 Å². The number of nitrogens with zero attached hydrogens (tertiary/aromatic N) is 2. The molecular formula is C24H27Cl2N3O3. The van der Waals surface area contributed by atoms with E-state index in [0.717, 1.165) is 23.4 Å². The van der Waals surface area contributed by atoms with Gasteiger partial charge in [-0.3, -0.25) is 4.79 Å². The second-order valence-corrected chi connectivity index (χ2v) is 8.84. The highest BCUT2D eigenvalue weighted by Crippen LogP contribution is 2.41. The topological polar surface area (TPSA) is 63.2 Å². The summed E-state index contributed by atoms with van der Waals surface area (Å²) in [4.78, 5) is 14.4. The van der Waals surface area contributed by atoms with Gasteiger partial charge in [0.05, 0.1) is 23.9 Å². The van der Waals surface area contributed by atoms with Crippen LogP contribution in [0.1, 0.15) is 38.8 Å². The number of carbonyl (C=O) groups excluding carboxylic acids is 1. The van der Waals surface area contributed by atoms with Gasteiger partial charge in [-0.2, -0.15) is 5.10 Å². The summed E-state index contributed by atoms with van der Waals surface area (Å²) in [6, 6.07) is 8.84. The van der Waals surface area contributed by atoms with E-state index in [1.807, 2.05) is 12.1 Å². The minimum absolute atomic E-state index is 0.0899. The Balaban J connectivity index is 1.73. The summed E-state index contributed by atoms with van der Waals surface area (Å²) in [6.45, 7) is 9.26. The van der Waals surface area contributed by atoms with Crippen LogP contribution in [0.25, 0.3) is 5.57 Å². The number of fused-ring (bicyclic) bond motifs is 1. The van der Waals surface area contributed by atoms with Crippen molar-refractivity contribution in [2.24, 2.45) is 5.10 Å². The molecule has 1 aliphatic heterocycles. The van der Waals surface area contributed by atoms with Gasteiger partial charge in [-0.05, 0) is 57.5 Å². The molecule has 0 aliphatic carbocycles. The van der Waals surface area contributed by atoms with Gasteiger partial charge < -0.3 is 14.4 Å². The lowest BCUT2D eigenvalue weighted by Gasteiger charge is -2.43. The third-order valence-electron chi connectivity index (χ3n) is 5.29. The minimum Gasteiger partial charge on any atom is -0.496 e. The van der Waals surface area contributed by atoms with Crippen molar-refractivity contribution < 1.29 is 14.3 Å². The zero-order valence-electron chi connectivity index (χ0n) is 18.8. The molecule has 0 atom stereocenters. The number of hydrogen-bond acceptors (Lipinski definition) is 5. The number of anilines is 1. The number of hydrogen-bond donors (Lipinski definition) is 1. The number of amides is 1. The van der Waals surface area contributed by atoms with Crippen LogP contribution in [-0.2, 0) is 4.79 Å². The van der Waals surface area contributed by atoms with Crippen LogP contribution in [0.3, 0.4) is 0 Å². The maximum Gasteiger partial charge on any atom is 0.277 e. The lowest BCUT2D eigenvalue weighted by molar-refractivity contribution is -0.123. The number of ether oxygens (including phenoxy) is 2. The van der Waals surface area contributed by atoms with Crippen molar-refractivity contribution in [2.45, 2.75) is 33.2 Å². The molecule has 1 heterocycles. The van der Waals surface area contributed by atoms with Crippen LogP contribution in [0.2, 0.25) is 10.0 Å². The zero-order chi connectivity index (χ0) is 23.5. The monoisotopic (exact) mass is 475 g/mol. The maximum atomic E-state index is 12.1. The van der Waals surface area contributed by atoms with E-state index in [0.29, 0.717) is 21.5 Å². The van der Waals surface area contributed by atoms with Crippen molar-refractivity contribution >= 4 is 46.6 Å². The number of carbonyl (C=O) groups is 1. The summed E-state index contributed by atoms with van der Waals surface area (Å²) in [6.07, 6.45) is 3.82. The predicted molar refractivity (Wildman–Crippen MR) is 131 cm³/mol. The van der Waals surface area contributed by atoms with E-state index in [-0.39, 0.29) is 12.1 Å². The SMILES string of the molecule is CCN1c2cc(OC)c(/C=N/NC(=O)COc3ccc(Cl)cc3Cl)cc2C(C)=CC1(C)C. The molecule has 0 unspecified atom stereocenters. The number of allylic oxidation sites excluding steroid dienone is 1. The highest BCUT2D eigenvalue weighted by atomic mass is 35.5. The third kappa shape index (κ3) is 5.19. The smallest absolute Gasteiger partial charge is 0.277 e. The summed E-state index contributed by atoms with van der Waals surface area (Å²) >= 11 is 11.9. The number of halogens is 2. The summed E-state index contributed by atoms with van der Waals surface area (Å²) in [5, 5.41) is 4.89. The first-order chi connectivity index (χ1) is 15.2. The molecular weight excluding hydrogens is 449 g/mol. The van der Waals surface area contributed by atoms with Crippen LogP contribution < -0.4 is 19.8 Å². The molecule has 1 N–H and O–H groups in total. The van der Waals surface area contributed by atoms with Crippen molar-refractivity contribution in [2.75, 3.05) is 25.2 Å². The highest BCUT2D eigenvalue weighted by molar-refractivity contribution is 6.35. The molecule has 0 fully saturated rings. The van der Waals surface area contributed by atoms with Gasteiger partial charge >= 0.3 is 0 Å². The molecule has 0 saturated carbocycles. The van der Waals surface area contributed by atoms with Crippen molar-refractivity contribution in [1.82, 2.24) is 5.43 Å². The van der Waals surface area contributed by atoms with Crippen molar-refractivity contribution in [3.05, 3.63) is 57.6 Å². The summed E-state index contributed by atoms with van der Waals surface area (Å²) in [5.41, 5.74) is 6.55. The first-order valence-corrected chi connectivity index (χ1v) is 11.0. The van der Waals surface area contributed by atoms with E-state index in [2.05, 4.69) is 49.2 Å². The summed E-state index contributed by atoms with van der Waals surface area (Å²) < 4.78 is 11.0. The molecule has 8 heteroatoms. The van der Waals surface area contributed by atoms with Crippen molar-refractivity contribution in [3.8, 4) is 11.5 Å². The van der Waals surface area contributed by atoms with Crippen LogP contribution in [0, 0.1) is 0 Å². The molecule has 0 aromatic heterocycles. The fourth-order valence-corrected chi connectivity index (χ4v) is 4.38. The number of likely N-dealkylation sites (N-methyl/N-ethyl adjacent to an activating group) is 1. The van der Waals surface area contributed by atoms with Crippen LogP contribution in [0.15, 0.2) is 41.5 Å². The molecule has 0 radical (unpaired) electrons. The predicted octanol–water partition coefficient (Wildman–Crippen LogP) is 5.55. The van der Waals surface area contributed by atoms with Crippen LogP contribution in [-0.4, -0.2) is 37.9 Å². The van der Waals surface area contributed by atoms with E-state index >= 15 is 0 Å². The Morgan fingerprint density at radius 1 is 1.22 bits per heavy atom. The molecule has 2 aromatic rings. The molecule has 1 amide bonds. The number of rotatable bonds is 7. The Hall–Kier alpha value is -2.70. The first-order valence-electron chi connectivity index (χ1n) is 10.3. The highest BCUT2D eigenvalue weighted by Gasteiger charge is 2.31. The molecule has 0 spiro atoms. The first kappa shape index (κ1) is 24.0. The Bertz CT molecular complexity index is 1080. The normalized spacial score (nSPS) is 14.7. The Kier molecular flexibility index (Phi) is 7.36. The number of hydrazone groups is 1. The lowest BCUT2D eigenvalue weighted by Crippen LogP contribution is -2.44. The molecule has 0 bridgehead atoms. The van der Waals surface area contributed by atoms with Gasteiger partial charge in [0.2, 0.25) is 0 Å². The Morgan fingerprint density at radius 3 is 2.62 bits per heavy atom. The summed E-state index contributed by atoms with van der Waals surface area (Å²) in [5.74, 6) is 0.631. The van der Waals surface area contributed by atoms with Crippen LogP contribution in [0.4, 0.5) is 5.69 Å². The molecule has 2 aromatic carbocycles. The van der Waals surface area contributed by atoms with Crippen LogP contribution >= 0.6 is 23.2 Å². The molecule has 170 valence electrons. The molecule has 32 heavy (non-hydrogen) atoms. The third-order valence-corrected chi connectivity index (χ3v) is 5.82. The second kappa shape index (κ2) is 9.84. The van der Waals surface area contributed by atoms with Gasteiger partial charge in [-0.15, -0.1) is 0 Å². The molecule has 3 rings (SSSR count). The van der Waals surface area contributed by atoms with E-state index in [4.69, 9.17) is 32.7 Å². The fourth-order valence-electron chi connectivity index (χ4n) is 3.92. The second-order valence-electron chi connectivity index (χ2n) is 7.99. The zero-order valence-corrected chi connectivity index (χ0v) is 20.3. The van der Waals surface area contributed by atoms with Gasteiger partial charge in [-0.1, -0.05) is 29.3 Å². The molecule has 6 nitrogen and oxygen atoms in total. The van der Waals surface area contributed by atoms with Gasteiger partial charge in [0.15, 0.2) is 6.61 Å². The average molecular weight is 476 g/mol. The van der Waals surface area contributed by atoms with Gasteiger partial charge in [0.1, 0.15) is 11.5 Å². The largest absolute Gasteiger partial charge is 0.496 e. The van der Waals surface area contributed by atoms with E-state index in [1.165, 1.54) is 5.57 Å². The average Bonchev–Trinajstić information content (AvgIpc) is 2.72. The fraction of sp³-hybridized carbons (Fsp3) is 0.333. The van der Waals surface area contributed by atoms with Crippen molar-refractivity contribution in [3.63, 3.8) is 0 Å².